The zero-order valence-electron chi connectivity index (χ0n) is 11.6. The highest BCUT2D eigenvalue weighted by atomic mass is 16.5. The van der Waals surface area contributed by atoms with Crippen LogP contribution in [-0.4, -0.2) is 25.5 Å². The number of nitrogens with one attached hydrogen (secondary N) is 1. The molecule has 0 bridgehead atoms. The normalized spacial score (nSPS) is 21.5. The number of esters is 1. The van der Waals surface area contributed by atoms with E-state index >= 15 is 0 Å². The maximum Gasteiger partial charge on any atom is 0.337 e. The molecule has 1 aliphatic carbocycles. The number of carbonyl (C=O) groups is 2. The first kappa shape index (κ1) is 14.5. The minimum absolute atomic E-state index is 0.000263. The third kappa shape index (κ3) is 3.17. The zero-order valence-corrected chi connectivity index (χ0v) is 11.6. The van der Waals surface area contributed by atoms with Gasteiger partial charge in [-0.15, -0.1) is 0 Å². The van der Waals surface area contributed by atoms with Gasteiger partial charge in [0.05, 0.1) is 12.7 Å². The van der Waals surface area contributed by atoms with Crippen molar-refractivity contribution in [3.05, 3.63) is 29.8 Å². The number of ether oxygens (including phenoxy) is 1. The summed E-state index contributed by atoms with van der Waals surface area (Å²) in [5.74, 6) is -0.0877. The second kappa shape index (κ2) is 6.52. The van der Waals surface area contributed by atoms with Crippen LogP contribution in [0.2, 0.25) is 0 Å². The largest absolute Gasteiger partial charge is 0.465 e. The van der Waals surface area contributed by atoms with Gasteiger partial charge in [-0.3, -0.25) is 4.79 Å². The van der Waals surface area contributed by atoms with Gasteiger partial charge in [-0.2, -0.15) is 0 Å². The molecule has 0 radical (unpaired) electrons. The van der Waals surface area contributed by atoms with E-state index in [-0.39, 0.29) is 23.7 Å². The SMILES string of the molecule is COC(=O)c1ccc(NC(=O)[C@@H]2CCC[C@@H]2CN)cc1. The Balaban J connectivity index is 1.99. The molecule has 1 aromatic carbocycles. The summed E-state index contributed by atoms with van der Waals surface area (Å²) < 4.78 is 4.63. The number of anilines is 1. The molecule has 0 heterocycles. The molecule has 0 spiro atoms. The van der Waals surface area contributed by atoms with E-state index in [1.54, 1.807) is 24.3 Å². The monoisotopic (exact) mass is 276 g/mol. The van der Waals surface area contributed by atoms with Gasteiger partial charge in [-0.1, -0.05) is 6.42 Å². The third-order valence-electron chi connectivity index (χ3n) is 3.87. The number of benzene rings is 1. The first-order chi connectivity index (χ1) is 9.65. The topological polar surface area (TPSA) is 81.4 Å². The van der Waals surface area contributed by atoms with Crippen LogP contribution in [0.25, 0.3) is 0 Å². The van der Waals surface area contributed by atoms with Crippen molar-refractivity contribution >= 4 is 17.6 Å². The van der Waals surface area contributed by atoms with Gasteiger partial charge in [0.15, 0.2) is 0 Å². The molecule has 2 atom stereocenters. The van der Waals surface area contributed by atoms with E-state index in [0.29, 0.717) is 17.8 Å². The summed E-state index contributed by atoms with van der Waals surface area (Å²) in [6, 6.07) is 6.68. The van der Waals surface area contributed by atoms with Crippen LogP contribution in [0.4, 0.5) is 5.69 Å². The van der Waals surface area contributed by atoms with Crippen LogP contribution in [0, 0.1) is 11.8 Å². The minimum atomic E-state index is -0.387. The van der Waals surface area contributed by atoms with E-state index in [1.807, 2.05) is 0 Å². The molecule has 108 valence electrons. The molecule has 0 saturated heterocycles. The Morgan fingerprint density at radius 3 is 2.60 bits per heavy atom. The van der Waals surface area contributed by atoms with Crippen molar-refractivity contribution in [2.45, 2.75) is 19.3 Å². The minimum Gasteiger partial charge on any atom is -0.465 e. The van der Waals surface area contributed by atoms with E-state index in [0.717, 1.165) is 19.3 Å². The van der Waals surface area contributed by atoms with Gasteiger partial charge in [0, 0.05) is 11.6 Å². The van der Waals surface area contributed by atoms with Crippen LogP contribution in [0.1, 0.15) is 29.6 Å². The highest BCUT2D eigenvalue weighted by Gasteiger charge is 2.31. The maximum atomic E-state index is 12.2. The van der Waals surface area contributed by atoms with Crippen LogP contribution in [-0.2, 0) is 9.53 Å². The molecule has 0 aromatic heterocycles. The van der Waals surface area contributed by atoms with Crippen molar-refractivity contribution in [3.8, 4) is 0 Å². The summed E-state index contributed by atoms with van der Waals surface area (Å²) >= 11 is 0. The molecule has 5 nitrogen and oxygen atoms in total. The van der Waals surface area contributed by atoms with Gasteiger partial charge in [0.25, 0.3) is 0 Å². The van der Waals surface area contributed by atoms with Crippen LogP contribution < -0.4 is 11.1 Å². The number of methoxy groups -OCH3 is 1. The average Bonchev–Trinajstić information content (AvgIpc) is 2.95. The summed E-state index contributed by atoms with van der Waals surface area (Å²) in [7, 11) is 1.34. The molecule has 2 rings (SSSR count). The van der Waals surface area contributed by atoms with Gasteiger partial charge >= 0.3 is 5.97 Å². The summed E-state index contributed by atoms with van der Waals surface area (Å²) in [5.41, 5.74) is 6.84. The maximum absolute atomic E-state index is 12.2. The Morgan fingerprint density at radius 2 is 2.00 bits per heavy atom. The van der Waals surface area contributed by atoms with Crippen LogP contribution in [0.5, 0.6) is 0 Å². The highest BCUT2D eigenvalue weighted by Crippen LogP contribution is 2.31. The summed E-state index contributed by atoms with van der Waals surface area (Å²) in [5, 5.41) is 2.89. The van der Waals surface area contributed by atoms with Crippen LogP contribution in [0.3, 0.4) is 0 Å². The van der Waals surface area contributed by atoms with E-state index in [4.69, 9.17) is 5.73 Å². The molecule has 1 aliphatic rings. The lowest BCUT2D eigenvalue weighted by Gasteiger charge is -2.17. The Labute approximate surface area is 118 Å². The fourth-order valence-electron chi connectivity index (χ4n) is 2.71. The fourth-order valence-corrected chi connectivity index (χ4v) is 2.71. The molecule has 1 amide bonds. The van der Waals surface area contributed by atoms with Crippen molar-refractivity contribution in [1.29, 1.82) is 0 Å². The Hall–Kier alpha value is -1.88. The standard InChI is InChI=1S/C15H20N2O3/c1-20-15(19)10-5-7-12(8-6-10)17-14(18)13-4-2-3-11(13)9-16/h5-8,11,13H,2-4,9,16H2,1H3,(H,17,18)/t11-,13-/m1/s1. The van der Waals surface area contributed by atoms with Crippen LogP contribution >= 0.6 is 0 Å². The van der Waals surface area contributed by atoms with Crippen molar-refractivity contribution in [2.24, 2.45) is 17.6 Å². The fraction of sp³-hybridized carbons (Fsp3) is 0.467. The molecule has 20 heavy (non-hydrogen) atoms. The first-order valence-corrected chi connectivity index (χ1v) is 6.85. The summed E-state index contributed by atoms with van der Waals surface area (Å²) in [6.07, 6.45) is 2.98. The lowest BCUT2D eigenvalue weighted by Crippen LogP contribution is -2.29. The lowest BCUT2D eigenvalue weighted by atomic mass is 9.95. The van der Waals surface area contributed by atoms with Crippen molar-refractivity contribution in [1.82, 2.24) is 0 Å². The quantitative estimate of drug-likeness (QED) is 0.821. The van der Waals surface area contributed by atoms with Crippen molar-refractivity contribution in [2.75, 3.05) is 19.0 Å². The van der Waals surface area contributed by atoms with Crippen LogP contribution in [0.15, 0.2) is 24.3 Å². The summed E-state index contributed by atoms with van der Waals surface area (Å²) in [6.45, 7) is 0.555. The number of hydrogen-bond acceptors (Lipinski definition) is 4. The number of amides is 1. The second-order valence-electron chi connectivity index (χ2n) is 5.09. The Bertz CT molecular complexity index is 484. The molecule has 3 N–H and O–H groups in total. The molecular weight excluding hydrogens is 256 g/mol. The number of nitrogens with two attached hydrogens (primary N) is 1. The van der Waals surface area contributed by atoms with E-state index in [2.05, 4.69) is 10.1 Å². The third-order valence-corrected chi connectivity index (χ3v) is 3.87. The summed E-state index contributed by atoms with van der Waals surface area (Å²) in [4.78, 5) is 23.5. The van der Waals surface area contributed by atoms with Crippen molar-refractivity contribution in [3.63, 3.8) is 0 Å². The molecule has 1 saturated carbocycles. The predicted molar refractivity (Wildman–Crippen MR) is 76.3 cm³/mol. The molecule has 1 aromatic rings. The Morgan fingerprint density at radius 1 is 1.30 bits per heavy atom. The second-order valence-corrected chi connectivity index (χ2v) is 5.09. The average molecular weight is 276 g/mol. The molecule has 5 heteroatoms. The van der Waals surface area contributed by atoms with Gasteiger partial charge in [-0.05, 0) is 49.6 Å². The van der Waals surface area contributed by atoms with Gasteiger partial charge in [0.1, 0.15) is 0 Å². The van der Waals surface area contributed by atoms with Gasteiger partial charge in [0.2, 0.25) is 5.91 Å². The van der Waals surface area contributed by atoms with E-state index in [1.165, 1.54) is 7.11 Å². The predicted octanol–water partition coefficient (Wildman–Crippen LogP) is 1.79. The smallest absolute Gasteiger partial charge is 0.337 e. The molecule has 1 fully saturated rings. The lowest BCUT2D eigenvalue weighted by molar-refractivity contribution is -0.120. The first-order valence-electron chi connectivity index (χ1n) is 6.85. The molecule has 0 aliphatic heterocycles. The number of hydrogen-bond donors (Lipinski definition) is 2. The highest BCUT2D eigenvalue weighted by molar-refractivity contribution is 5.94. The number of carbonyl (C=O) groups excluding carboxylic acids is 2. The Kier molecular flexibility index (Phi) is 4.74. The van der Waals surface area contributed by atoms with Gasteiger partial charge < -0.3 is 15.8 Å². The molecule has 0 unspecified atom stereocenters. The van der Waals surface area contributed by atoms with E-state index < -0.39 is 0 Å². The van der Waals surface area contributed by atoms with E-state index in [9.17, 15) is 9.59 Å². The molecular formula is C15H20N2O3. The number of rotatable bonds is 4. The van der Waals surface area contributed by atoms with Crippen molar-refractivity contribution < 1.29 is 14.3 Å². The zero-order chi connectivity index (χ0) is 14.5. The van der Waals surface area contributed by atoms with Gasteiger partial charge in [-0.25, -0.2) is 4.79 Å².